The van der Waals surface area contributed by atoms with E-state index < -0.39 is 29.7 Å². The van der Waals surface area contributed by atoms with Crippen LogP contribution in [-0.4, -0.2) is 41.3 Å². The SMILES string of the molecule is CCOC(=O)C1=NN(N=O)[C@@H]2C(=O)N(c3ccc(C)c(C)c3)C(=O)[C@@H]12. The van der Waals surface area contributed by atoms with Gasteiger partial charge in [-0.05, 0) is 44.0 Å². The molecule has 0 bridgehead atoms. The summed E-state index contributed by atoms with van der Waals surface area (Å²) in [7, 11) is 0. The first-order valence-electron chi connectivity index (χ1n) is 7.73. The van der Waals surface area contributed by atoms with Gasteiger partial charge in [0.1, 0.15) is 5.92 Å². The van der Waals surface area contributed by atoms with Crippen LogP contribution in [0.2, 0.25) is 0 Å². The van der Waals surface area contributed by atoms with Crippen LogP contribution in [0.25, 0.3) is 0 Å². The first-order valence-corrected chi connectivity index (χ1v) is 7.73. The summed E-state index contributed by atoms with van der Waals surface area (Å²) in [5.74, 6) is -3.32. The van der Waals surface area contributed by atoms with Gasteiger partial charge in [0, 0.05) is 0 Å². The number of anilines is 1. The van der Waals surface area contributed by atoms with E-state index in [-0.39, 0.29) is 12.3 Å². The Hall–Kier alpha value is -3.10. The number of hydrazone groups is 1. The van der Waals surface area contributed by atoms with E-state index >= 15 is 0 Å². The summed E-state index contributed by atoms with van der Waals surface area (Å²) in [5, 5.41) is 6.92. The van der Waals surface area contributed by atoms with Crippen LogP contribution in [0.4, 0.5) is 5.69 Å². The zero-order valence-electron chi connectivity index (χ0n) is 13.9. The van der Waals surface area contributed by atoms with Gasteiger partial charge in [0.25, 0.3) is 5.91 Å². The van der Waals surface area contributed by atoms with Crippen LogP contribution in [0.5, 0.6) is 0 Å². The molecule has 25 heavy (non-hydrogen) atoms. The van der Waals surface area contributed by atoms with Crippen molar-refractivity contribution in [3.05, 3.63) is 34.2 Å². The molecule has 2 atom stereocenters. The number of nitrogens with zero attached hydrogens (tertiary/aromatic N) is 4. The van der Waals surface area contributed by atoms with Crippen LogP contribution < -0.4 is 4.90 Å². The van der Waals surface area contributed by atoms with Gasteiger partial charge in [-0.25, -0.2) is 9.69 Å². The number of hydrogen-bond acceptors (Lipinski definition) is 7. The number of amides is 2. The molecule has 1 fully saturated rings. The Bertz CT molecular complexity index is 819. The molecule has 0 N–H and O–H groups in total. The maximum absolute atomic E-state index is 12.8. The van der Waals surface area contributed by atoms with E-state index in [4.69, 9.17) is 4.74 Å². The topological polar surface area (TPSA) is 109 Å². The number of fused-ring (bicyclic) bond motifs is 1. The monoisotopic (exact) mass is 344 g/mol. The maximum Gasteiger partial charge on any atom is 0.355 e. The Morgan fingerprint density at radius 3 is 2.56 bits per heavy atom. The zero-order chi connectivity index (χ0) is 18.3. The number of benzene rings is 1. The standard InChI is InChI=1S/C16H16N4O5/c1-4-25-16(23)12-11-13(20(17-12)18-24)15(22)19(14(11)21)10-6-5-8(2)9(3)7-10/h5-7,11,13H,4H2,1-3H3/t11-,13-/m0/s1. The van der Waals surface area contributed by atoms with Gasteiger partial charge < -0.3 is 4.74 Å². The van der Waals surface area contributed by atoms with Gasteiger partial charge in [0.05, 0.1) is 17.6 Å². The molecule has 9 heteroatoms. The van der Waals surface area contributed by atoms with E-state index in [9.17, 15) is 19.3 Å². The summed E-state index contributed by atoms with van der Waals surface area (Å²) >= 11 is 0. The molecule has 1 saturated heterocycles. The summed E-state index contributed by atoms with van der Waals surface area (Å²) in [6.07, 6.45) is 0. The van der Waals surface area contributed by atoms with Crippen LogP contribution in [0, 0.1) is 24.7 Å². The van der Waals surface area contributed by atoms with Gasteiger partial charge in [-0.3, -0.25) is 9.59 Å². The normalized spacial score (nSPS) is 22.1. The fourth-order valence-corrected chi connectivity index (χ4v) is 2.95. The molecule has 1 aromatic rings. The number of carbonyl (C=O) groups is 3. The number of aryl methyl sites for hydroxylation is 2. The number of carbonyl (C=O) groups excluding carboxylic acids is 3. The Balaban J connectivity index is 2.02. The predicted octanol–water partition coefficient (Wildman–Crippen LogP) is 1.08. The van der Waals surface area contributed by atoms with Crippen molar-refractivity contribution in [2.75, 3.05) is 11.5 Å². The predicted molar refractivity (Wildman–Crippen MR) is 87.4 cm³/mol. The highest BCUT2D eigenvalue weighted by Crippen LogP contribution is 2.36. The molecule has 1 aromatic carbocycles. The number of rotatable bonds is 4. The average molecular weight is 344 g/mol. The molecule has 3 rings (SSSR count). The van der Waals surface area contributed by atoms with Gasteiger partial charge in [0.2, 0.25) is 5.91 Å². The fourth-order valence-electron chi connectivity index (χ4n) is 2.95. The van der Waals surface area contributed by atoms with Crippen LogP contribution in [0.15, 0.2) is 28.6 Å². The van der Waals surface area contributed by atoms with E-state index in [0.717, 1.165) is 16.0 Å². The molecule has 130 valence electrons. The van der Waals surface area contributed by atoms with Gasteiger partial charge in [0.15, 0.2) is 11.8 Å². The molecule has 2 aliphatic heterocycles. The lowest BCUT2D eigenvalue weighted by Gasteiger charge is -2.17. The number of hydrogen-bond donors (Lipinski definition) is 0. The molecule has 0 aliphatic carbocycles. The molecule has 2 heterocycles. The van der Waals surface area contributed by atoms with E-state index in [2.05, 4.69) is 10.4 Å². The molecule has 0 unspecified atom stereocenters. The fraction of sp³-hybridized carbons (Fsp3) is 0.375. The van der Waals surface area contributed by atoms with Crippen LogP contribution in [0.1, 0.15) is 18.1 Å². The van der Waals surface area contributed by atoms with Crippen LogP contribution in [0.3, 0.4) is 0 Å². The average Bonchev–Trinajstić information content (AvgIpc) is 3.08. The van der Waals surface area contributed by atoms with Crippen molar-refractivity contribution in [3.8, 4) is 0 Å². The third-order valence-corrected chi connectivity index (χ3v) is 4.35. The van der Waals surface area contributed by atoms with Crippen LogP contribution >= 0.6 is 0 Å². The van der Waals surface area contributed by atoms with Gasteiger partial charge in [-0.1, -0.05) is 6.07 Å². The van der Waals surface area contributed by atoms with Crippen molar-refractivity contribution in [1.29, 1.82) is 0 Å². The Morgan fingerprint density at radius 2 is 1.96 bits per heavy atom. The summed E-state index contributed by atoms with van der Waals surface area (Å²) in [6.45, 7) is 5.44. The second-order valence-corrected chi connectivity index (χ2v) is 5.81. The quantitative estimate of drug-likeness (QED) is 0.459. The summed E-state index contributed by atoms with van der Waals surface area (Å²) in [4.78, 5) is 49.6. The lowest BCUT2D eigenvalue weighted by atomic mass is 9.98. The van der Waals surface area contributed by atoms with E-state index in [1.165, 1.54) is 0 Å². The van der Waals surface area contributed by atoms with E-state index in [0.29, 0.717) is 10.8 Å². The van der Waals surface area contributed by atoms with Crippen molar-refractivity contribution in [1.82, 2.24) is 5.12 Å². The third-order valence-electron chi connectivity index (χ3n) is 4.35. The Morgan fingerprint density at radius 1 is 1.24 bits per heavy atom. The smallest absolute Gasteiger partial charge is 0.355 e. The first kappa shape index (κ1) is 16.7. The molecule has 0 aromatic heterocycles. The minimum absolute atomic E-state index is 0.0762. The second kappa shape index (κ2) is 6.08. The number of ether oxygens (including phenoxy) is 1. The minimum atomic E-state index is -1.26. The molecule has 2 amide bonds. The Labute approximate surface area is 143 Å². The zero-order valence-corrected chi connectivity index (χ0v) is 13.9. The summed E-state index contributed by atoms with van der Waals surface area (Å²) in [6, 6.07) is 3.87. The third kappa shape index (κ3) is 2.48. The van der Waals surface area contributed by atoms with Crippen molar-refractivity contribution < 1.29 is 19.1 Å². The molecular formula is C16H16N4O5. The summed E-state index contributed by atoms with van der Waals surface area (Å²) < 4.78 is 4.86. The second-order valence-electron chi connectivity index (χ2n) is 5.81. The molecule has 9 nitrogen and oxygen atoms in total. The first-order chi connectivity index (χ1) is 11.9. The highest BCUT2D eigenvalue weighted by Gasteiger charge is 2.59. The van der Waals surface area contributed by atoms with E-state index in [1.807, 2.05) is 13.8 Å². The molecule has 0 radical (unpaired) electrons. The molecule has 0 spiro atoms. The maximum atomic E-state index is 12.8. The van der Waals surface area contributed by atoms with Crippen molar-refractivity contribution in [2.45, 2.75) is 26.8 Å². The van der Waals surface area contributed by atoms with Crippen molar-refractivity contribution in [3.63, 3.8) is 0 Å². The number of nitroso groups, excluding NO2 is 1. The molecular weight excluding hydrogens is 328 g/mol. The van der Waals surface area contributed by atoms with Gasteiger partial charge in [-0.2, -0.15) is 0 Å². The highest BCUT2D eigenvalue weighted by atomic mass is 16.5. The lowest BCUT2D eigenvalue weighted by molar-refractivity contribution is -0.136. The van der Waals surface area contributed by atoms with E-state index in [1.54, 1.807) is 25.1 Å². The lowest BCUT2D eigenvalue weighted by Crippen LogP contribution is -2.36. The highest BCUT2D eigenvalue weighted by molar-refractivity contribution is 6.46. The van der Waals surface area contributed by atoms with Gasteiger partial charge in [-0.15, -0.1) is 15.1 Å². The Kier molecular flexibility index (Phi) is 4.07. The largest absolute Gasteiger partial charge is 0.461 e. The van der Waals surface area contributed by atoms with Gasteiger partial charge >= 0.3 is 5.97 Å². The van der Waals surface area contributed by atoms with Crippen molar-refractivity contribution in [2.24, 2.45) is 16.3 Å². The van der Waals surface area contributed by atoms with Crippen molar-refractivity contribution >= 4 is 29.2 Å². The summed E-state index contributed by atoms with van der Waals surface area (Å²) in [5.41, 5.74) is 2.01. The minimum Gasteiger partial charge on any atom is -0.461 e. The van der Waals surface area contributed by atoms with Crippen LogP contribution in [-0.2, 0) is 19.1 Å². The number of esters is 1. The number of imide groups is 1. The molecule has 2 aliphatic rings. The molecule has 0 saturated carbocycles.